The Morgan fingerprint density at radius 1 is 1.41 bits per heavy atom. The fourth-order valence-corrected chi connectivity index (χ4v) is 3.08. The summed E-state index contributed by atoms with van der Waals surface area (Å²) >= 11 is 0. The lowest BCUT2D eigenvalue weighted by molar-refractivity contribution is 0.274. The molecule has 1 aromatic rings. The SMILES string of the molecule is CCCC1CCC(N)C(c2cnn(CC)c2)C1. The van der Waals surface area contributed by atoms with E-state index in [0.717, 1.165) is 12.5 Å². The lowest BCUT2D eigenvalue weighted by Gasteiger charge is -2.33. The third-order valence-corrected chi connectivity index (χ3v) is 4.11. The maximum atomic E-state index is 6.28. The van der Waals surface area contributed by atoms with Gasteiger partial charge in [-0.1, -0.05) is 19.8 Å². The Morgan fingerprint density at radius 3 is 2.88 bits per heavy atom. The Labute approximate surface area is 104 Å². The van der Waals surface area contributed by atoms with Crippen molar-refractivity contribution >= 4 is 0 Å². The monoisotopic (exact) mass is 235 g/mol. The number of aromatic nitrogens is 2. The Kier molecular flexibility index (Phi) is 4.21. The highest BCUT2D eigenvalue weighted by molar-refractivity contribution is 5.15. The van der Waals surface area contributed by atoms with Crippen LogP contribution in [0.2, 0.25) is 0 Å². The van der Waals surface area contributed by atoms with E-state index in [0.29, 0.717) is 12.0 Å². The molecule has 0 saturated heterocycles. The van der Waals surface area contributed by atoms with Gasteiger partial charge in [0.2, 0.25) is 0 Å². The number of hydrogen-bond acceptors (Lipinski definition) is 2. The topological polar surface area (TPSA) is 43.8 Å². The van der Waals surface area contributed by atoms with E-state index >= 15 is 0 Å². The van der Waals surface area contributed by atoms with Crippen molar-refractivity contribution in [2.75, 3.05) is 0 Å². The molecular formula is C14H25N3. The van der Waals surface area contributed by atoms with Gasteiger partial charge in [0, 0.05) is 24.7 Å². The van der Waals surface area contributed by atoms with Crippen LogP contribution in [-0.4, -0.2) is 15.8 Å². The molecule has 0 radical (unpaired) electrons. The Bertz CT molecular complexity index is 345. The van der Waals surface area contributed by atoms with Crippen LogP contribution >= 0.6 is 0 Å². The minimum atomic E-state index is 0.331. The van der Waals surface area contributed by atoms with E-state index in [9.17, 15) is 0 Å². The van der Waals surface area contributed by atoms with Gasteiger partial charge in [-0.15, -0.1) is 0 Å². The van der Waals surface area contributed by atoms with Gasteiger partial charge in [-0.05, 0) is 37.7 Å². The normalized spacial score (nSPS) is 29.5. The number of nitrogens with two attached hydrogens (primary N) is 1. The second-order valence-electron chi connectivity index (χ2n) is 5.37. The first kappa shape index (κ1) is 12.6. The van der Waals surface area contributed by atoms with Crippen molar-refractivity contribution in [3.05, 3.63) is 18.0 Å². The zero-order chi connectivity index (χ0) is 12.3. The van der Waals surface area contributed by atoms with Crippen LogP contribution < -0.4 is 5.73 Å². The van der Waals surface area contributed by atoms with Crippen LogP contribution in [-0.2, 0) is 6.54 Å². The molecule has 1 saturated carbocycles. The first-order chi connectivity index (χ1) is 8.24. The molecule has 1 aromatic heterocycles. The van der Waals surface area contributed by atoms with Crippen molar-refractivity contribution in [1.82, 2.24) is 9.78 Å². The van der Waals surface area contributed by atoms with E-state index < -0.39 is 0 Å². The molecule has 1 fully saturated rings. The molecule has 0 spiro atoms. The zero-order valence-corrected chi connectivity index (χ0v) is 11.1. The van der Waals surface area contributed by atoms with Gasteiger partial charge >= 0.3 is 0 Å². The number of aryl methyl sites for hydroxylation is 1. The van der Waals surface area contributed by atoms with Crippen molar-refractivity contribution in [2.24, 2.45) is 11.7 Å². The largest absolute Gasteiger partial charge is 0.327 e. The third kappa shape index (κ3) is 2.89. The molecule has 3 heteroatoms. The Hall–Kier alpha value is -0.830. The summed E-state index contributed by atoms with van der Waals surface area (Å²) in [7, 11) is 0. The number of nitrogens with zero attached hydrogens (tertiary/aromatic N) is 2. The van der Waals surface area contributed by atoms with E-state index in [4.69, 9.17) is 5.73 Å². The molecule has 0 bridgehead atoms. The zero-order valence-electron chi connectivity index (χ0n) is 11.1. The van der Waals surface area contributed by atoms with Crippen LogP contribution in [0.5, 0.6) is 0 Å². The van der Waals surface area contributed by atoms with Gasteiger partial charge in [0.15, 0.2) is 0 Å². The molecule has 1 aliphatic carbocycles. The summed E-state index contributed by atoms with van der Waals surface area (Å²) in [4.78, 5) is 0. The molecule has 0 amide bonds. The van der Waals surface area contributed by atoms with Gasteiger partial charge in [-0.25, -0.2) is 0 Å². The summed E-state index contributed by atoms with van der Waals surface area (Å²) in [5.74, 6) is 1.40. The second-order valence-corrected chi connectivity index (χ2v) is 5.37. The predicted molar refractivity (Wildman–Crippen MR) is 70.9 cm³/mol. The molecule has 2 N–H and O–H groups in total. The predicted octanol–water partition coefficient (Wildman–Crippen LogP) is 2.91. The van der Waals surface area contributed by atoms with Gasteiger partial charge in [0.25, 0.3) is 0 Å². The van der Waals surface area contributed by atoms with Gasteiger partial charge in [-0.2, -0.15) is 5.10 Å². The molecule has 1 heterocycles. The maximum absolute atomic E-state index is 6.28. The van der Waals surface area contributed by atoms with E-state index in [-0.39, 0.29) is 0 Å². The summed E-state index contributed by atoms with van der Waals surface area (Å²) < 4.78 is 2.01. The highest BCUT2D eigenvalue weighted by atomic mass is 15.3. The lowest BCUT2D eigenvalue weighted by Crippen LogP contribution is -2.34. The molecule has 3 unspecified atom stereocenters. The Morgan fingerprint density at radius 2 is 2.24 bits per heavy atom. The van der Waals surface area contributed by atoms with Crippen LogP contribution in [0.4, 0.5) is 0 Å². The minimum absolute atomic E-state index is 0.331. The standard InChI is InChI=1S/C14H25N3/c1-3-5-11-6-7-14(15)13(8-11)12-9-16-17(4-2)10-12/h9-11,13-14H,3-8,15H2,1-2H3. The van der Waals surface area contributed by atoms with Crippen LogP contribution in [0.15, 0.2) is 12.4 Å². The second kappa shape index (κ2) is 5.67. The van der Waals surface area contributed by atoms with Crippen LogP contribution in [0.3, 0.4) is 0 Å². The van der Waals surface area contributed by atoms with Gasteiger partial charge in [0.1, 0.15) is 0 Å². The molecule has 3 nitrogen and oxygen atoms in total. The first-order valence-corrected chi connectivity index (χ1v) is 7.02. The smallest absolute Gasteiger partial charge is 0.0525 e. The molecule has 96 valence electrons. The van der Waals surface area contributed by atoms with Crippen LogP contribution in [0.1, 0.15) is 57.4 Å². The van der Waals surface area contributed by atoms with Crippen LogP contribution in [0.25, 0.3) is 0 Å². The van der Waals surface area contributed by atoms with E-state index in [1.54, 1.807) is 0 Å². The first-order valence-electron chi connectivity index (χ1n) is 7.02. The summed E-state index contributed by atoms with van der Waals surface area (Å²) in [6.07, 6.45) is 10.6. The molecule has 0 aliphatic heterocycles. The van der Waals surface area contributed by atoms with Gasteiger partial charge in [0.05, 0.1) is 6.20 Å². The highest BCUT2D eigenvalue weighted by Gasteiger charge is 2.29. The number of rotatable bonds is 4. The van der Waals surface area contributed by atoms with Gasteiger partial charge < -0.3 is 5.73 Å². The molecule has 0 aromatic carbocycles. The Balaban J connectivity index is 2.06. The van der Waals surface area contributed by atoms with Crippen molar-refractivity contribution in [3.8, 4) is 0 Å². The van der Waals surface area contributed by atoms with Crippen LogP contribution in [0, 0.1) is 5.92 Å². The van der Waals surface area contributed by atoms with Crippen molar-refractivity contribution in [2.45, 2.75) is 64.5 Å². The highest BCUT2D eigenvalue weighted by Crippen LogP contribution is 2.37. The fourth-order valence-electron chi connectivity index (χ4n) is 3.08. The third-order valence-electron chi connectivity index (χ3n) is 4.11. The van der Waals surface area contributed by atoms with Crippen molar-refractivity contribution in [1.29, 1.82) is 0 Å². The molecule has 1 aliphatic rings. The summed E-state index contributed by atoms with van der Waals surface area (Å²) in [6, 6.07) is 0.331. The van der Waals surface area contributed by atoms with Crippen molar-refractivity contribution in [3.63, 3.8) is 0 Å². The molecule has 3 atom stereocenters. The minimum Gasteiger partial charge on any atom is -0.327 e. The molecular weight excluding hydrogens is 210 g/mol. The average molecular weight is 235 g/mol. The van der Waals surface area contributed by atoms with E-state index in [1.165, 1.54) is 37.7 Å². The van der Waals surface area contributed by atoms with Gasteiger partial charge in [-0.3, -0.25) is 4.68 Å². The maximum Gasteiger partial charge on any atom is 0.0525 e. The fraction of sp³-hybridized carbons (Fsp3) is 0.786. The molecule has 2 rings (SSSR count). The summed E-state index contributed by atoms with van der Waals surface area (Å²) in [5, 5.41) is 4.38. The van der Waals surface area contributed by atoms with E-state index in [1.807, 2.05) is 10.9 Å². The van der Waals surface area contributed by atoms with E-state index in [2.05, 4.69) is 25.1 Å². The average Bonchev–Trinajstić information content (AvgIpc) is 2.80. The number of hydrogen-bond donors (Lipinski definition) is 1. The molecule has 17 heavy (non-hydrogen) atoms. The summed E-state index contributed by atoms with van der Waals surface area (Å²) in [6.45, 7) is 5.34. The van der Waals surface area contributed by atoms with Crippen molar-refractivity contribution < 1.29 is 0 Å². The summed E-state index contributed by atoms with van der Waals surface area (Å²) in [5.41, 5.74) is 7.63. The quantitative estimate of drug-likeness (QED) is 0.872. The lowest BCUT2D eigenvalue weighted by atomic mass is 9.74.